The number of carboxylic acid groups (broad SMARTS) is 1. The van der Waals surface area contributed by atoms with Gasteiger partial charge in [0.1, 0.15) is 11.3 Å². The van der Waals surface area contributed by atoms with Crippen LogP contribution in [-0.2, 0) is 4.79 Å². The zero-order chi connectivity index (χ0) is 13.9. The third-order valence-electron chi connectivity index (χ3n) is 2.86. The molecular weight excluding hydrogens is 236 g/mol. The van der Waals surface area contributed by atoms with Crippen molar-refractivity contribution in [3.05, 3.63) is 17.0 Å². The molecule has 6 nitrogen and oxygen atoms in total. The van der Waals surface area contributed by atoms with E-state index in [2.05, 4.69) is 10.5 Å². The van der Waals surface area contributed by atoms with Gasteiger partial charge in [-0.25, -0.2) is 0 Å². The highest BCUT2D eigenvalue weighted by Gasteiger charge is 2.24. The van der Waals surface area contributed by atoms with Gasteiger partial charge in [0.05, 0.1) is 11.6 Å². The number of hydrogen-bond donors (Lipinski definition) is 2. The van der Waals surface area contributed by atoms with Gasteiger partial charge in [0.2, 0.25) is 0 Å². The average molecular weight is 254 g/mol. The van der Waals surface area contributed by atoms with Crippen molar-refractivity contribution in [2.45, 2.75) is 27.7 Å². The maximum absolute atomic E-state index is 11.9. The second-order valence-corrected chi connectivity index (χ2v) is 4.60. The van der Waals surface area contributed by atoms with Crippen LogP contribution in [0, 0.1) is 25.7 Å². The Bertz CT molecular complexity index is 431. The summed E-state index contributed by atoms with van der Waals surface area (Å²) in [5, 5.41) is 15.3. The molecule has 0 radical (unpaired) electrons. The molecule has 1 rings (SSSR count). The zero-order valence-corrected chi connectivity index (χ0v) is 11.0. The molecule has 0 aliphatic carbocycles. The maximum Gasteiger partial charge on any atom is 0.308 e. The summed E-state index contributed by atoms with van der Waals surface area (Å²) >= 11 is 0. The highest BCUT2D eigenvalue weighted by Crippen LogP contribution is 2.13. The Morgan fingerprint density at radius 1 is 1.39 bits per heavy atom. The standard InChI is InChI=1S/C12H18N2O4/c1-6(2)9(12(16)17)5-13-11(15)10-7(3)14-18-8(10)4/h6,9H,5H2,1-4H3,(H,13,15)(H,16,17). The van der Waals surface area contributed by atoms with Crippen molar-refractivity contribution in [2.24, 2.45) is 11.8 Å². The Morgan fingerprint density at radius 2 is 2.00 bits per heavy atom. The lowest BCUT2D eigenvalue weighted by Crippen LogP contribution is -2.35. The van der Waals surface area contributed by atoms with Gasteiger partial charge in [-0.3, -0.25) is 9.59 Å². The van der Waals surface area contributed by atoms with Crippen molar-refractivity contribution in [3.8, 4) is 0 Å². The number of aliphatic carboxylic acids is 1. The smallest absolute Gasteiger partial charge is 0.308 e. The number of aromatic nitrogens is 1. The summed E-state index contributed by atoms with van der Waals surface area (Å²) in [5.41, 5.74) is 0.879. The van der Waals surface area contributed by atoms with Crippen molar-refractivity contribution >= 4 is 11.9 Å². The van der Waals surface area contributed by atoms with Gasteiger partial charge in [0.15, 0.2) is 0 Å². The molecule has 1 aromatic rings. The SMILES string of the molecule is Cc1noc(C)c1C(=O)NCC(C(=O)O)C(C)C. The predicted molar refractivity (Wildman–Crippen MR) is 64.3 cm³/mol. The molecule has 0 aliphatic heterocycles. The molecule has 0 spiro atoms. The topological polar surface area (TPSA) is 92.4 Å². The van der Waals surface area contributed by atoms with Gasteiger partial charge in [-0.15, -0.1) is 0 Å². The summed E-state index contributed by atoms with van der Waals surface area (Å²) in [5.74, 6) is -1.48. The molecule has 18 heavy (non-hydrogen) atoms. The molecule has 0 saturated heterocycles. The number of nitrogens with one attached hydrogen (secondary N) is 1. The quantitative estimate of drug-likeness (QED) is 0.828. The van der Waals surface area contributed by atoms with Crippen LogP contribution < -0.4 is 5.32 Å². The number of hydrogen-bond acceptors (Lipinski definition) is 4. The molecule has 0 bridgehead atoms. The molecule has 0 aliphatic rings. The molecule has 1 heterocycles. The number of aryl methyl sites for hydroxylation is 2. The molecule has 1 amide bonds. The van der Waals surface area contributed by atoms with E-state index in [0.29, 0.717) is 17.0 Å². The summed E-state index contributed by atoms with van der Waals surface area (Å²) < 4.78 is 4.89. The van der Waals surface area contributed by atoms with E-state index < -0.39 is 11.9 Å². The van der Waals surface area contributed by atoms with Crippen LogP contribution in [0.25, 0.3) is 0 Å². The summed E-state index contributed by atoms with van der Waals surface area (Å²) in [4.78, 5) is 22.9. The van der Waals surface area contributed by atoms with Gasteiger partial charge >= 0.3 is 5.97 Å². The second kappa shape index (κ2) is 5.66. The first-order chi connectivity index (χ1) is 8.34. The van der Waals surface area contributed by atoms with Crippen LogP contribution in [0.1, 0.15) is 35.7 Å². The summed E-state index contributed by atoms with van der Waals surface area (Å²) in [6.45, 7) is 7.02. The Morgan fingerprint density at radius 3 is 2.39 bits per heavy atom. The molecule has 1 atom stereocenters. The lowest BCUT2D eigenvalue weighted by molar-refractivity contribution is -0.142. The van der Waals surface area contributed by atoms with Crippen LogP contribution in [0.3, 0.4) is 0 Å². The highest BCUT2D eigenvalue weighted by molar-refractivity contribution is 5.96. The first-order valence-corrected chi connectivity index (χ1v) is 5.78. The van der Waals surface area contributed by atoms with E-state index in [-0.39, 0.29) is 18.4 Å². The first-order valence-electron chi connectivity index (χ1n) is 5.78. The van der Waals surface area contributed by atoms with Gasteiger partial charge in [0, 0.05) is 6.54 Å². The number of carbonyl (C=O) groups is 2. The largest absolute Gasteiger partial charge is 0.481 e. The minimum Gasteiger partial charge on any atom is -0.481 e. The molecule has 1 aromatic heterocycles. The molecule has 1 unspecified atom stereocenters. The van der Waals surface area contributed by atoms with Crippen LogP contribution in [0.5, 0.6) is 0 Å². The number of carbonyl (C=O) groups excluding carboxylic acids is 1. The predicted octanol–water partition coefficient (Wildman–Crippen LogP) is 1.38. The van der Waals surface area contributed by atoms with Crippen LogP contribution >= 0.6 is 0 Å². The van der Waals surface area contributed by atoms with Crippen molar-refractivity contribution in [3.63, 3.8) is 0 Å². The van der Waals surface area contributed by atoms with Gasteiger partial charge in [-0.1, -0.05) is 19.0 Å². The molecule has 0 aromatic carbocycles. The molecule has 100 valence electrons. The van der Waals surface area contributed by atoms with Crippen molar-refractivity contribution < 1.29 is 19.2 Å². The lowest BCUT2D eigenvalue weighted by Gasteiger charge is -2.16. The molecule has 6 heteroatoms. The fourth-order valence-electron chi connectivity index (χ4n) is 1.71. The molecule has 2 N–H and O–H groups in total. The molecular formula is C12H18N2O4. The van der Waals surface area contributed by atoms with E-state index in [4.69, 9.17) is 9.63 Å². The monoisotopic (exact) mass is 254 g/mol. The van der Waals surface area contributed by atoms with Crippen LogP contribution in [0.4, 0.5) is 0 Å². The molecule has 0 saturated carbocycles. The van der Waals surface area contributed by atoms with Gasteiger partial charge in [0.25, 0.3) is 5.91 Å². The van der Waals surface area contributed by atoms with E-state index in [1.54, 1.807) is 27.7 Å². The average Bonchev–Trinajstić information content (AvgIpc) is 2.57. The van der Waals surface area contributed by atoms with E-state index >= 15 is 0 Å². The van der Waals surface area contributed by atoms with Crippen molar-refractivity contribution in [2.75, 3.05) is 6.54 Å². The summed E-state index contributed by atoms with van der Waals surface area (Å²) in [6, 6.07) is 0. The van der Waals surface area contributed by atoms with Crippen molar-refractivity contribution in [1.29, 1.82) is 0 Å². The minimum atomic E-state index is -0.913. The summed E-state index contributed by atoms with van der Waals surface area (Å²) in [6.07, 6.45) is 0. The van der Waals surface area contributed by atoms with Gasteiger partial charge < -0.3 is 14.9 Å². The maximum atomic E-state index is 11.9. The Balaban J connectivity index is 2.69. The first kappa shape index (κ1) is 14.2. The van der Waals surface area contributed by atoms with Gasteiger partial charge in [-0.05, 0) is 19.8 Å². The van der Waals surface area contributed by atoms with Crippen LogP contribution in [0.2, 0.25) is 0 Å². The van der Waals surface area contributed by atoms with Gasteiger partial charge in [-0.2, -0.15) is 0 Å². The number of carboxylic acids is 1. The summed E-state index contributed by atoms with van der Waals surface area (Å²) in [7, 11) is 0. The lowest BCUT2D eigenvalue weighted by atomic mass is 9.96. The number of nitrogens with zero attached hydrogens (tertiary/aromatic N) is 1. The minimum absolute atomic E-state index is 0.0486. The molecule has 0 fully saturated rings. The fourth-order valence-corrected chi connectivity index (χ4v) is 1.71. The van der Waals surface area contributed by atoms with E-state index in [1.165, 1.54) is 0 Å². The highest BCUT2D eigenvalue weighted by atomic mass is 16.5. The fraction of sp³-hybridized carbons (Fsp3) is 0.583. The normalized spacial score (nSPS) is 12.5. The second-order valence-electron chi connectivity index (χ2n) is 4.60. The Kier molecular flexibility index (Phi) is 4.47. The Labute approximate surface area is 105 Å². The number of rotatable bonds is 5. The Hall–Kier alpha value is -1.85. The van der Waals surface area contributed by atoms with E-state index in [0.717, 1.165) is 0 Å². The van der Waals surface area contributed by atoms with E-state index in [9.17, 15) is 9.59 Å². The van der Waals surface area contributed by atoms with Crippen LogP contribution in [-0.4, -0.2) is 28.7 Å². The third-order valence-corrected chi connectivity index (χ3v) is 2.86. The zero-order valence-electron chi connectivity index (χ0n) is 11.0. The third kappa shape index (κ3) is 3.09. The van der Waals surface area contributed by atoms with E-state index in [1.807, 2.05) is 0 Å². The van der Waals surface area contributed by atoms with Crippen LogP contribution in [0.15, 0.2) is 4.52 Å². The number of amides is 1. The van der Waals surface area contributed by atoms with Crippen molar-refractivity contribution in [1.82, 2.24) is 10.5 Å².